The molecular formula is C15H22FNO2. The summed E-state index contributed by atoms with van der Waals surface area (Å²) in [7, 11) is 0. The van der Waals surface area contributed by atoms with Crippen molar-refractivity contribution in [2.24, 2.45) is 5.92 Å². The first-order valence-corrected chi connectivity index (χ1v) is 6.91. The topological polar surface area (TPSA) is 41.5 Å². The van der Waals surface area contributed by atoms with Crippen LogP contribution in [0.1, 0.15) is 31.4 Å². The number of rotatable bonds is 5. The van der Waals surface area contributed by atoms with E-state index in [9.17, 15) is 9.50 Å². The molecule has 2 atom stereocenters. The Morgan fingerprint density at radius 3 is 2.58 bits per heavy atom. The van der Waals surface area contributed by atoms with Crippen LogP contribution < -0.4 is 5.32 Å². The van der Waals surface area contributed by atoms with Gasteiger partial charge in [0.2, 0.25) is 0 Å². The maximum atomic E-state index is 12.8. The Bertz CT molecular complexity index is 376. The summed E-state index contributed by atoms with van der Waals surface area (Å²) in [4.78, 5) is 0. The van der Waals surface area contributed by atoms with Crippen LogP contribution in [0.2, 0.25) is 0 Å². The van der Waals surface area contributed by atoms with E-state index >= 15 is 0 Å². The largest absolute Gasteiger partial charge is 0.387 e. The summed E-state index contributed by atoms with van der Waals surface area (Å²) in [5.41, 5.74) is 0.744. The number of ether oxygens (including phenoxy) is 1. The van der Waals surface area contributed by atoms with Gasteiger partial charge in [-0.25, -0.2) is 4.39 Å². The number of benzene rings is 1. The molecule has 0 bridgehead atoms. The van der Waals surface area contributed by atoms with Crippen molar-refractivity contribution in [2.75, 3.05) is 19.8 Å². The Balaban J connectivity index is 1.79. The molecule has 2 rings (SSSR count). The molecule has 0 aromatic heterocycles. The lowest BCUT2D eigenvalue weighted by atomic mass is 9.93. The van der Waals surface area contributed by atoms with Gasteiger partial charge < -0.3 is 15.2 Å². The smallest absolute Gasteiger partial charge is 0.123 e. The number of hydrogen-bond acceptors (Lipinski definition) is 3. The third-order valence-electron chi connectivity index (χ3n) is 3.86. The second-order valence-corrected chi connectivity index (χ2v) is 5.21. The number of nitrogens with one attached hydrogen (secondary N) is 1. The summed E-state index contributed by atoms with van der Waals surface area (Å²) in [6.07, 6.45) is 1.55. The van der Waals surface area contributed by atoms with Gasteiger partial charge in [-0.3, -0.25) is 0 Å². The first-order chi connectivity index (χ1) is 9.16. The van der Waals surface area contributed by atoms with Gasteiger partial charge in [-0.1, -0.05) is 12.1 Å². The average Bonchev–Trinajstić information content (AvgIpc) is 2.46. The molecule has 0 amide bonds. The zero-order valence-electron chi connectivity index (χ0n) is 11.3. The summed E-state index contributed by atoms with van der Waals surface area (Å²) >= 11 is 0. The molecule has 0 saturated carbocycles. The van der Waals surface area contributed by atoms with Crippen molar-refractivity contribution < 1.29 is 14.2 Å². The second kappa shape index (κ2) is 6.98. The van der Waals surface area contributed by atoms with Crippen molar-refractivity contribution in [2.45, 2.75) is 31.9 Å². The third-order valence-corrected chi connectivity index (χ3v) is 3.86. The SMILES string of the molecule is CC(NCC(O)c1ccc(F)cc1)C1CCOCC1. The van der Waals surface area contributed by atoms with E-state index in [1.807, 2.05) is 0 Å². The second-order valence-electron chi connectivity index (χ2n) is 5.21. The van der Waals surface area contributed by atoms with Gasteiger partial charge >= 0.3 is 0 Å². The molecule has 3 nitrogen and oxygen atoms in total. The lowest BCUT2D eigenvalue weighted by Crippen LogP contribution is -2.38. The van der Waals surface area contributed by atoms with Gasteiger partial charge in [0.25, 0.3) is 0 Å². The minimum atomic E-state index is -0.595. The molecule has 0 radical (unpaired) electrons. The van der Waals surface area contributed by atoms with Crippen molar-refractivity contribution in [1.29, 1.82) is 0 Å². The summed E-state index contributed by atoms with van der Waals surface area (Å²) in [5, 5.41) is 13.4. The molecule has 0 aliphatic carbocycles. The van der Waals surface area contributed by atoms with E-state index in [0.29, 0.717) is 18.5 Å². The molecule has 1 saturated heterocycles. The van der Waals surface area contributed by atoms with Crippen LogP contribution in [-0.2, 0) is 4.74 Å². The predicted molar refractivity (Wildman–Crippen MR) is 72.4 cm³/mol. The van der Waals surface area contributed by atoms with Gasteiger partial charge in [-0.2, -0.15) is 0 Å². The molecule has 1 aromatic carbocycles. The minimum Gasteiger partial charge on any atom is -0.387 e. The van der Waals surface area contributed by atoms with E-state index < -0.39 is 6.10 Å². The maximum Gasteiger partial charge on any atom is 0.123 e. The highest BCUT2D eigenvalue weighted by molar-refractivity contribution is 5.18. The van der Waals surface area contributed by atoms with Crippen LogP contribution in [0, 0.1) is 11.7 Å². The number of aliphatic hydroxyl groups is 1. The van der Waals surface area contributed by atoms with Crippen LogP contribution in [0.25, 0.3) is 0 Å². The fourth-order valence-electron chi connectivity index (χ4n) is 2.48. The van der Waals surface area contributed by atoms with E-state index in [0.717, 1.165) is 31.6 Å². The average molecular weight is 267 g/mol. The van der Waals surface area contributed by atoms with Crippen LogP contribution >= 0.6 is 0 Å². The Morgan fingerprint density at radius 1 is 1.32 bits per heavy atom. The highest BCUT2D eigenvalue weighted by Gasteiger charge is 2.20. The lowest BCUT2D eigenvalue weighted by Gasteiger charge is -2.29. The standard InChI is InChI=1S/C15H22FNO2/c1-11(12-6-8-19-9-7-12)17-10-15(18)13-2-4-14(16)5-3-13/h2-5,11-12,15,17-18H,6-10H2,1H3. The molecule has 1 aromatic rings. The van der Waals surface area contributed by atoms with Crippen molar-refractivity contribution in [3.8, 4) is 0 Å². The van der Waals surface area contributed by atoms with Gasteiger partial charge in [-0.15, -0.1) is 0 Å². The summed E-state index contributed by atoms with van der Waals surface area (Å²) in [6, 6.07) is 6.36. The van der Waals surface area contributed by atoms with Crippen LogP contribution in [0.4, 0.5) is 4.39 Å². The lowest BCUT2D eigenvalue weighted by molar-refractivity contribution is 0.0537. The van der Waals surface area contributed by atoms with Crippen LogP contribution in [0.15, 0.2) is 24.3 Å². The number of hydrogen-bond donors (Lipinski definition) is 2. The Morgan fingerprint density at radius 2 is 1.95 bits per heavy atom. The summed E-state index contributed by atoms with van der Waals surface area (Å²) in [6.45, 7) is 4.30. The van der Waals surface area contributed by atoms with E-state index in [4.69, 9.17) is 4.74 Å². The molecule has 2 N–H and O–H groups in total. The minimum absolute atomic E-state index is 0.278. The third kappa shape index (κ3) is 4.27. The summed E-state index contributed by atoms with van der Waals surface area (Å²) < 4.78 is 18.1. The van der Waals surface area contributed by atoms with E-state index in [1.54, 1.807) is 12.1 Å². The Kier molecular flexibility index (Phi) is 5.31. The van der Waals surface area contributed by atoms with Crippen LogP contribution in [0.3, 0.4) is 0 Å². The van der Waals surface area contributed by atoms with E-state index in [-0.39, 0.29) is 5.82 Å². The normalized spacial score (nSPS) is 20.2. The number of halogens is 1. The number of aliphatic hydroxyl groups excluding tert-OH is 1. The summed E-state index contributed by atoms with van der Waals surface area (Å²) in [5.74, 6) is 0.327. The quantitative estimate of drug-likeness (QED) is 0.860. The zero-order chi connectivity index (χ0) is 13.7. The Labute approximate surface area is 113 Å². The van der Waals surface area contributed by atoms with Gasteiger partial charge in [0.1, 0.15) is 5.82 Å². The molecule has 2 unspecified atom stereocenters. The maximum absolute atomic E-state index is 12.8. The fraction of sp³-hybridized carbons (Fsp3) is 0.600. The van der Waals surface area contributed by atoms with Crippen molar-refractivity contribution in [3.63, 3.8) is 0 Å². The van der Waals surface area contributed by atoms with Gasteiger partial charge in [0.15, 0.2) is 0 Å². The molecule has 1 heterocycles. The Hall–Kier alpha value is -0.970. The molecular weight excluding hydrogens is 245 g/mol. The predicted octanol–water partition coefficient (Wildman–Crippen LogP) is 2.26. The van der Waals surface area contributed by atoms with E-state index in [1.165, 1.54) is 12.1 Å². The van der Waals surface area contributed by atoms with E-state index in [2.05, 4.69) is 12.2 Å². The van der Waals surface area contributed by atoms with Crippen molar-refractivity contribution in [3.05, 3.63) is 35.6 Å². The molecule has 19 heavy (non-hydrogen) atoms. The molecule has 106 valence electrons. The zero-order valence-corrected chi connectivity index (χ0v) is 11.3. The molecule has 1 fully saturated rings. The molecule has 0 spiro atoms. The van der Waals surface area contributed by atoms with Gasteiger partial charge in [0.05, 0.1) is 6.10 Å². The first-order valence-electron chi connectivity index (χ1n) is 6.91. The van der Waals surface area contributed by atoms with Gasteiger partial charge in [-0.05, 0) is 43.4 Å². The van der Waals surface area contributed by atoms with Crippen molar-refractivity contribution in [1.82, 2.24) is 5.32 Å². The first kappa shape index (κ1) is 14.4. The van der Waals surface area contributed by atoms with Gasteiger partial charge in [0, 0.05) is 25.8 Å². The van der Waals surface area contributed by atoms with Crippen molar-refractivity contribution >= 4 is 0 Å². The monoisotopic (exact) mass is 267 g/mol. The highest BCUT2D eigenvalue weighted by Crippen LogP contribution is 2.19. The molecule has 1 aliphatic rings. The van der Waals surface area contributed by atoms with Crippen LogP contribution in [0.5, 0.6) is 0 Å². The molecule has 4 heteroatoms. The highest BCUT2D eigenvalue weighted by atomic mass is 19.1. The molecule has 1 aliphatic heterocycles. The van der Waals surface area contributed by atoms with Crippen LogP contribution in [-0.4, -0.2) is 30.9 Å². The fourth-order valence-corrected chi connectivity index (χ4v) is 2.48.